The third-order valence-corrected chi connectivity index (χ3v) is 5.02. The largest absolute Gasteiger partial charge is 0.497 e. The van der Waals surface area contributed by atoms with E-state index in [1.807, 2.05) is 41.3 Å². The number of ether oxygens (including phenoxy) is 1. The normalized spacial score (nSPS) is 14.8. The summed E-state index contributed by atoms with van der Waals surface area (Å²) in [4.78, 5) is 16.6. The van der Waals surface area contributed by atoms with Gasteiger partial charge in [-0.25, -0.2) is 0 Å². The Labute approximate surface area is 173 Å². The summed E-state index contributed by atoms with van der Waals surface area (Å²) in [5.74, 6) is 2.37. The van der Waals surface area contributed by atoms with Crippen molar-refractivity contribution >= 4 is 11.7 Å². The van der Waals surface area contributed by atoms with Crippen LogP contribution in [0.5, 0.6) is 5.75 Å². The zero-order valence-electron chi connectivity index (χ0n) is 17.6. The monoisotopic (exact) mass is 397 g/mol. The zero-order valence-corrected chi connectivity index (χ0v) is 17.6. The Morgan fingerprint density at radius 3 is 2.72 bits per heavy atom. The van der Waals surface area contributed by atoms with Crippen LogP contribution in [-0.2, 0) is 4.79 Å². The Morgan fingerprint density at radius 1 is 1.14 bits per heavy atom. The minimum atomic E-state index is 0.173. The first-order valence-electron chi connectivity index (χ1n) is 10.3. The van der Waals surface area contributed by atoms with Crippen LogP contribution in [0.4, 0.5) is 5.82 Å². The molecule has 156 valence electrons. The van der Waals surface area contributed by atoms with Crippen molar-refractivity contribution in [1.29, 1.82) is 0 Å². The average molecular weight is 398 g/mol. The van der Waals surface area contributed by atoms with Crippen molar-refractivity contribution in [1.82, 2.24) is 20.4 Å². The topological polar surface area (TPSA) is 70.6 Å². The molecule has 1 fully saturated rings. The molecule has 2 aromatic rings. The summed E-state index contributed by atoms with van der Waals surface area (Å²) in [5, 5.41) is 12.1. The lowest BCUT2D eigenvalue weighted by molar-refractivity contribution is -0.130. The number of nitrogens with zero attached hydrogens (tertiary/aromatic N) is 4. The second-order valence-corrected chi connectivity index (χ2v) is 7.75. The molecule has 0 aliphatic carbocycles. The Balaban J connectivity index is 1.58. The van der Waals surface area contributed by atoms with E-state index < -0.39 is 0 Å². The van der Waals surface area contributed by atoms with Gasteiger partial charge in [0, 0.05) is 31.7 Å². The van der Waals surface area contributed by atoms with Crippen molar-refractivity contribution in [2.24, 2.45) is 5.92 Å². The molecule has 1 aromatic carbocycles. The Bertz CT molecular complexity index is 794. The maximum atomic E-state index is 12.4. The number of benzene rings is 1. The molecule has 1 aliphatic heterocycles. The van der Waals surface area contributed by atoms with Gasteiger partial charge in [0.25, 0.3) is 0 Å². The highest BCUT2D eigenvalue weighted by atomic mass is 16.5. The Morgan fingerprint density at radius 2 is 2.00 bits per heavy atom. The van der Waals surface area contributed by atoms with Crippen LogP contribution in [0.15, 0.2) is 36.4 Å². The van der Waals surface area contributed by atoms with Crippen LogP contribution in [0.2, 0.25) is 0 Å². The van der Waals surface area contributed by atoms with Gasteiger partial charge in [-0.2, -0.15) is 0 Å². The molecule has 0 radical (unpaired) electrons. The predicted molar refractivity (Wildman–Crippen MR) is 115 cm³/mol. The van der Waals surface area contributed by atoms with Crippen LogP contribution in [0.25, 0.3) is 11.3 Å². The molecule has 3 rings (SSSR count). The van der Waals surface area contributed by atoms with E-state index in [2.05, 4.69) is 34.3 Å². The molecule has 1 amide bonds. The summed E-state index contributed by atoms with van der Waals surface area (Å²) in [7, 11) is 1.65. The second kappa shape index (κ2) is 10.2. The third-order valence-electron chi connectivity index (χ3n) is 5.02. The Hall–Kier alpha value is -2.67. The lowest BCUT2D eigenvalue weighted by Crippen LogP contribution is -2.41. The quantitative estimate of drug-likeness (QED) is 0.774. The molecule has 1 saturated heterocycles. The molecule has 0 bridgehead atoms. The van der Waals surface area contributed by atoms with Gasteiger partial charge in [-0.3, -0.25) is 4.79 Å². The Kier molecular flexibility index (Phi) is 7.41. The SMILES string of the molecule is COc1cccc(-c2ccc(N3CCCN(C(=O)CNCC(C)C)CC3)nn2)c1. The highest BCUT2D eigenvalue weighted by Crippen LogP contribution is 2.23. The molecule has 0 atom stereocenters. The fraction of sp³-hybridized carbons (Fsp3) is 0.500. The number of aromatic nitrogens is 2. The number of anilines is 1. The van der Waals surface area contributed by atoms with Crippen molar-refractivity contribution in [3.63, 3.8) is 0 Å². The van der Waals surface area contributed by atoms with Gasteiger partial charge < -0.3 is 19.9 Å². The van der Waals surface area contributed by atoms with E-state index in [1.165, 1.54) is 0 Å². The van der Waals surface area contributed by atoms with Crippen molar-refractivity contribution in [2.75, 3.05) is 51.3 Å². The van der Waals surface area contributed by atoms with Crippen LogP contribution >= 0.6 is 0 Å². The number of nitrogens with one attached hydrogen (secondary N) is 1. The molecular weight excluding hydrogens is 366 g/mol. The number of methoxy groups -OCH3 is 1. The third kappa shape index (κ3) is 5.90. The molecule has 7 nitrogen and oxygen atoms in total. The molecule has 1 N–H and O–H groups in total. The number of amides is 1. The van der Waals surface area contributed by atoms with E-state index in [-0.39, 0.29) is 5.91 Å². The summed E-state index contributed by atoms with van der Waals surface area (Å²) >= 11 is 0. The molecule has 0 spiro atoms. The van der Waals surface area contributed by atoms with Gasteiger partial charge in [-0.05, 0) is 43.1 Å². The maximum absolute atomic E-state index is 12.4. The zero-order chi connectivity index (χ0) is 20.6. The predicted octanol–water partition coefficient (Wildman–Crippen LogP) is 2.44. The van der Waals surface area contributed by atoms with Crippen LogP contribution < -0.4 is 15.0 Å². The van der Waals surface area contributed by atoms with E-state index in [4.69, 9.17) is 4.74 Å². The molecule has 0 unspecified atom stereocenters. The van der Waals surface area contributed by atoms with Crippen LogP contribution in [-0.4, -0.2) is 67.4 Å². The highest BCUT2D eigenvalue weighted by Gasteiger charge is 2.20. The molecular formula is C22H31N5O2. The van der Waals surface area contributed by atoms with E-state index in [0.717, 1.165) is 55.4 Å². The molecule has 1 aliphatic rings. The van der Waals surface area contributed by atoms with Gasteiger partial charge >= 0.3 is 0 Å². The summed E-state index contributed by atoms with van der Waals surface area (Å²) in [5.41, 5.74) is 1.79. The number of hydrogen-bond donors (Lipinski definition) is 1. The van der Waals surface area contributed by atoms with Gasteiger partial charge in [0.15, 0.2) is 5.82 Å². The first-order chi connectivity index (χ1) is 14.1. The fourth-order valence-corrected chi connectivity index (χ4v) is 3.41. The molecule has 1 aromatic heterocycles. The average Bonchev–Trinajstić information content (AvgIpc) is 3.00. The number of carbonyl (C=O) groups excluding carboxylic acids is 1. The van der Waals surface area contributed by atoms with Gasteiger partial charge in [-0.15, -0.1) is 10.2 Å². The standard InChI is InChI=1S/C22H31N5O2/c1-17(2)15-23-16-22(28)27-11-5-10-26(12-13-27)21-9-8-20(24-25-21)18-6-4-7-19(14-18)29-3/h4,6-9,14,17,23H,5,10-13,15-16H2,1-3H3. The van der Waals surface area contributed by atoms with Gasteiger partial charge in [0.2, 0.25) is 5.91 Å². The second-order valence-electron chi connectivity index (χ2n) is 7.75. The van der Waals surface area contributed by atoms with Crippen LogP contribution in [0, 0.1) is 5.92 Å². The van der Waals surface area contributed by atoms with Gasteiger partial charge in [0.1, 0.15) is 5.75 Å². The fourth-order valence-electron chi connectivity index (χ4n) is 3.41. The molecule has 0 saturated carbocycles. The van der Waals surface area contributed by atoms with Crippen molar-refractivity contribution in [2.45, 2.75) is 20.3 Å². The smallest absolute Gasteiger partial charge is 0.236 e. The van der Waals surface area contributed by atoms with E-state index in [9.17, 15) is 4.79 Å². The lowest BCUT2D eigenvalue weighted by atomic mass is 10.1. The van der Waals surface area contributed by atoms with Crippen molar-refractivity contribution in [3.05, 3.63) is 36.4 Å². The molecule has 2 heterocycles. The minimum absolute atomic E-state index is 0.173. The highest BCUT2D eigenvalue weighted by molar-refractivity contribution is 5.78. The van der Waals surface area contributed by atoms with E-state index >= 15 is 0 Å². The number of hydrogen-bond acceptors (Lipinski definition) is 6. The maximum Gasteiger partial charge on any atom is 0.236 e. The lowest BCUT2D eigenvalue weighted by Gasteiger charge is -2.23. The van der Waals surface area contributed by atoms with Crippen LogP contribution in [0.1, 0.15) is 20.3 Å². The van der Waals surface area contributed by atoms with Gasteiger partial charge in [0.05, 0.1) is 19.3 Å². The summed E-state index contributed by atoms with van der Waals surface area (Å²) in [6, 6.07) is 11.8. The van der Waals surface area contributed by atoms with Crippen LogP contribution in [0.3, 0.4) is 0 Å². The number of carbonyl (C=O) groups is 1. The van der Waals surface area contributed by atoms with Gasteiger partial charge in [-0.1, -0.05) is 26.0 Å². The first kappa shape index (κ1) is 21.0. The summed E-state index contributed by atoms with van der Waals surface area (Å²) in [6.07, 6.45) is 0.926. The van der Waals surface area contributed by atoms with E-state index in [0.29, 0.717) is 19.0 Å². The summed E-state index contributed by atoms with van der Waals surface area (Å²) < 4.78 is 5.28. The van der Waals surface area contributed by atoms with E-state index in [1.54, 1.807) is 7.11 Å². The first-order valence-corrected chi connectivity index (χ1v) is 10.3. The molecule has 7 heteroatoms. The summed E-state index contributed by atoms with van der Waals surface area (Å²) in [6.45, 7) is 8.69. The van der Waals surface area contributed by atoms with Crippen molar-refractivity contribution in [3.8, 4) is 17.0 Å². The van der Waals surface area contributed by atoms with Crippen molar-refractivity contribution < 1.29 is 9.53 Å². The minimum Gasteiger partial charge on any atom is -0.497 e. The number of rotatable bonds is 7. The molecule has 29 heavy (non-hydrogen) atoms.